The van der Waals surface area contributed by atoms with Crippen LogP contribution >= 0.6 is 0 Å². The van der Waals surface area contributed by atoms with E-state index in [1.54, 1.807) is 0 Å². The van der Waals surface area contributed by atoms with Crippen LogP contribution in [0.15, 0.2) is 0 Å². The fourth-order valence-corrected chi connectivity index (χ4v) is 0.831. The molecule has 1 unspecified atom stereocenters. The van der Waals surface area contributed by atoms with Crippen LogP contribution in [0.1, 0.15) is 13.3 Å². The second kappa shape index (κ2) is 6.26. The van der Waals surface area contributed by atoms with Gasteiger partial charge in [0.1, 0.15) is 0 Å². The molecule has 0 heterocycles. The van der Waals surface area contributed by atoms with Crippen molar-refractivity contribution in [2.24, 2.45) is 0 Å². The number of rotatable bonds is 5. The zero-order valence-electron chi connectivity index (χ0n) is 6.29. The fraction of sp³-hybridized carbons (Fsp3) is 0.800. The Kier molecular flexibility index (Phi) is 6.00. The van der Waals surface area contributed by atoms with Crippen molar-refractivity contribution in [2.75, 3.05) is 13.1 Å². The summed E-state index contributed by atoms with van der Waals surface area (Å²) in [7, 11) is 0. The van der Waals surface area contributed by atoms with Gasteiger partial charge < -0.3 is 5.32 Å². The third-order valence-corrected chi connectivity index (χ3v) is 1.40. The highest BCUT2D eigenvalue weighted by Crippen LogP contribution is 1.74. The topological polar surface area (TPSA) is 78.4 Å². The summed E-state index contributed by atoms with van der Waals surface area (Å²) in [6, 6.07) is 0. The number of carbonyl (C=O) groups is 1. The number of hydrogen-bond donors (Lipinski definition) is 3. The molecule has 0 radical (unpaired) electrons. The molecule has 0 aliphatic heterocycles. The van der Waals surface area contributed by atoms with E-state index >= 15 is 0 Å². The number of amides is 1. The van der Waals surface area contributed by atoms with E-state index in [-0.39, 0.29) is 5.91 Å². The van der Waals surface area contributed by atoms with Crippen LogP contribution in [0.4, 0.5) is 0 Å². The lowest BCUT2D eigenvalue weighted by Gasteiger charge is -2.00. The van der Waals surface area contributed by atoms with Crippen molar-refractivity contribution >= 4 is 17.2 Å². The summed E-state index contributed by atoms with van der Waals surface area (Å²) in [5.41, 5.74) is 0. The van der Waals surface area contributed by atoms with Gasteiger partial charge in [-0.15, -0.1) is 0 Å². The molecule has 0 rings (SSSR count). The number of nitrogens with one attached hydrogen (secondary N) is 2. The van der Waals surface area contributed by atoms with E-state index in [9.17, 15) is 9.00 Å². The predicted octanol–water partition coefficient (Wildman–Crippen LogP) is -0.761. The molecule has 5 nitrogen and oxygen atoms in total. The van der Waals surface area contributed by atoms with Crippen molar-refractivity contribution in [3.05, 3.63) is 0 Å². The van der Waals surface area contributed by atoms with Crippen LogP contribution in [0.25, 0.3) is 0 Å². The van der Waals surface area contributed by atoms with Gasteiger partial charge in [-0.3, -0.25) is 9.35 Å². The highest BCUT2D eigenvalue weighted by Gasteiger charge is 1.92. The fourth-order valence-electron chi connectivity index (χ4n) is 0.512. The van der Waals surface area contributed by atoms with Crippen LogP contribution in [0.2, 0.25) is 0 Å². The van der Waals surface area contributed by atoms with Gasteiger partial charge in [0, 0.05) is 20.0 Å². The molecule has 0 bridgehead atoms. The lowest BCUT2D eigenvalue weighted by atomic mass is 10.4. The van der Waals surface area contributed by atoms with Gasteiger partial charge in [-0.25, -0.2) is 8.93 Å². The largest absolute Gasteiger partial charge is 0.356 e. The molecule has 66 valence electrons. The minimum absolute atomic E-state index is 0.0879. The van der Waals surface area contributed by atoms with Gasteiger partial charge in [0.05, 0.1) is 0 Å². The molecule has 0 aromatic rings. The van der Waals surface area contributed by atoms with Crippen molar-refractivity contribution in [3.63, 3.8) is 0 Å². The van der Waals surface area contributed by atoms with Crippen molar-refractivity contribution in [3.8, 4) is 0 Å². The predicted molar refractivity (Wildman–Crippen MR) is 42.1 cm³/mol. The first-order valence-corrected chi connectivity index (χ1v) is 4.32. The van der Waals surface area contributed by atoms with Crippen LogP contribution in [0, 0.1) is 0 Å². The summed E-state index contributed by atoms with van der Waals surface area (Å²) in [5, 5.41) is 2.56. The molecule has 0 aromatic carbocycles. The van der Waals surface area contributed by atoms with Crippen LogP contribution < -0.4 is 10.0 Å². The Morgan fingerprint density at radius 2 is 2.18 bits per heavy atom. The van der Waals surface area contributed by atoms with E-state index in [4.69, 9.17) is 4.55 Å². The lowest BCUT2D eigenvalue weighted by Crippen LogP contribution is -2.25. The van der Waals surface area contributed by atoms with Crippen molar-refractivity contribution in [2.45, 2.75) is 13.3 Å². The van der Waals surface area contributed by atoms with Gasteiger partial charge in [0.15, 0.2) is 0 Å². The zero-order valence-corrected chi connectivity index (χ0v) is 7.11. The molecular weight excluding hydrogens is 168 g/mol. The van der Waals surface area contributed by atoms with Crippen molar-refractivity contribution in [1.29, 1.82) is 0 Å². The molecule has 0 aliphatic rings. The maximum absolute atomic E-state index is 10.3. The standard InChI is InChI=1S/C5H12N2O3S/c1-5(8)6-3-2-4-7-11(9)10/h7H,2-4H2,1H3,(H,6,8)(H,9,10). The molecule has 0 saturated carbocycles. The Labute approximate surface area is 68.0 Å². The molecule has 0 saturated heterocycles. The van der Waals surface area contributed by atoms with Gasteiger partial charge in [-0.05, 0) is 6.42 Å². The number of hydrogen-bond acceptors (Lipinski definition) is 2. The van der Waals surface area contributed by atoms with Gasteiger partial charge in [0.25, 0.3) is 0 Å². The second-order valence-electron chi connectivity index (χ2n) is 1.98. The normalized spacial score (nSPS) is 12.5. The maximum Gasteiger partial charge on any atom is 0.231 e. The van der Waals surface area contributed by atoms with E-state index in [1.807, 2.05) is 0 Å². The first-order chi connectivity index (χ1) is 5.13. The minimum Gasteiger partial charge on any atom is -0.356 e. The molecule has 1 amide bonds. The Balaban J connectivity index is 3.03. The van der Waals surface area contributed by atoms with Gasteiger partial charge >= 0.3 is 0 Å². The average Bonchev–Trinajstić information content (AvgIpc) is 1.85. The first kappa shape index (κ1) is 10.5. The summed E-state index contributed by atoms with van der Waals surface area (Å²) in [4.78, 5) is 10.3. The van der Waals surface area contributed by atoms with Gasteiger partial charge in [0.2, 0.25) is 17.2 Å². The highest BCUT2D eigenvalue weighted by molar-refractivity contribution is 7.77. The van der Waals surface area contributed by atoms with E-state index in [2.05, 4.69) is 10.0 Å². The third kappa shape index (κ3) is 9.54. The molecule has 1 atom stereocenters. The maximum atomic E-state index is 10.3. The second-order valence-corrected chi connectivity index (χ2v) is 2.77. The molecular formula is C5H12N2O3S. The van der Waals surface area contributed by atoms with Crippen molar-refractivity contribution < 1.29 is 13.6 Å². The molecule has 0 fully saturated rings. The van der Waals surface area contributed by atoms with E-state index in [1.165, 1.54) is 6.92 Å². The molecule has 0 aromatic heterocycles. The summed E-state index contributed by atoms with van der Waals surface area (Å²) in [5.74, 6) is -0.0879. The Morgan fingerprint density at radius 1 is 1.55 bits per heavy atom. The Bertz CT molecular complexity index is 135. The Hall–Kier alpha value is -0.460. The molecule has 3 N–H and O–H groups in total. The van der Waals surface area contributed by atoms with Crippen LogP contribution in [0.5, 0.6) is 0 Å². The summed E-state index contributed by atoms with van der Waals surface area (Å²) in [6.45, 7) is 2.38. The monoisotopic (exact) mass is 180 g/mol. The van der Waals surface area contributed by atoms with Crippen LogP contribution in [-0.4, -0.2) is 27.8 Å². The molecule has 11 heavy (non-hydrogen) atoms. The molecule has 0 spiro atoms. The van der Waals surface area contributed by atoms with Gasteiger partial charge in [-0.2, -0.15) is 0 Å². The molecule has 6 heteroatoms. The van der Waals surface area contributed by atoms with Gasteiger partial charge in [-0.1, -0.05) is 0 Å². The highest BCUT2D eigenvalue weighted by atomic mass is 32.2. The Morgan fingerprint density at radius 3 is 2.64 bits per heavy atom. The van der Waals surface area contributed by atoms with E-state index in [0.717, 1.165) is 0 Å². The molecule has 0 aliphatic carbocycles. The number of carbonyl (C=O) groups excluding carboxylic acids is 1. The van der Waals surface area contributed by atoms with E-state index in [0.29, 0.717) is 19.5 Å². The van der Waals surface area contributed by atoms with Crippen LogP contribution in [-0.2, 0) is 16.1 Å². The quantitative estimate of drug-likeness (QED) is 0.384. The minimum atomic E-state index is -1.94. The third-order valence-electron chi connectivity index (χ3n) is 0.953. The lowest BCUT2D eigenvalue weighted by molar-refractivity contribution is -0.118. The smallest absolute Gasteiger partial charge is 0.231 e. The summed E-state index contributed by atoms with van der Waals surface area (Å²) in [6.07, 6.45) is 0.645. The average molecular weight is 180 g/mol. The summed E-state index contributed by atoms with van der Waals surface area (Å²) < 4.78 is 20.5. The van der Waals surface area contributed by atoms with Crippen molar-refractivity contribution in [1.82, 2.24) is 10.0 Å². The first-order valence-electron chi connectivity index (χ1n) is 3.21. The summed E-state index contributed by atoms with van der Waals surface area (Å²) >= 11 is -1.94. The SMILES string of the molecule is CC(=O)NCCCNS(=O)O. The van der Waals surface area contributed by atoms with Crippen LogP contribution in [0.3, 0.4) is 0 Å². The zero-order chi connectivity index (χ0) is 8.69. The van der Waals surface area contributed by atoms with E-state index < -0.39 is 11.3 Å².